The van der Waals surface area contributed by atoms with Crippen molar-refractivity contribution < 1.29 is 14.6 Å². The van der Waals surface area contributed by atoms with Crippen molar-refractivity contribution in [3.05, 3.63) is 17.7 Å². The summed E-state index contributed by atoms with van der Waals surface area (Å²) in [7, 11) is 1.36. The highest BCUT2D eigenvalue weighted by Crippen LogP contribution is 2.33. The molecule has 1 aromatic carbocycles. The molecule has 1 aromatic rings. The maximum absolute atomic E-state index is 11.1. The summed E-state index contributed by atoms with van der Waals surface area (Å²) >= 11 is 0. The molecular formula is C8H11N3O3. The molecular weight excluding hydrogens is 186 g/mol. The Labute approximate surface area is 80.4 Å². The molecule has 0 radical (unpaired) electrons. The summed E-state index contributed by atoms with van der Waals surface area (Å²) in [5.74, 6) is 4.37. The summed E-state index contributed by atoms with van der Waals surface area (Å²) in [4.78, 5) is 11.1. The first kappa shape index (κ1) is 10.1. The molecule has 0 aromatic heterocycles. The molecule has 0 aliphatic heterocycles. The van der Waals surface area contributed by atoms with Gasteiger partial charge in [0.2, 0.25) is 0 Å². The Morgan fingerprint density at radius 1 is 1.57 bits per heavy atom. The van der Waals surface area contributed by atoms with Crippen LogP contribution in [-0.2, 0) is 0 Å². The number of amides is 1. The first-order chi connectivity index (χ1) is 6.60. The Bertz CT molecular complexity index is 365. The third kappa shape index (κ3) is 1.69. The smallest absolute Gasteiger partial charge is 0.265 e. The van der Waals surface area contributed by atoms with Gasteiger partial charge in [0.1, 0.15) is 0 Å². The molecule has 0 aliphatic carbocycles. The zero-order chi connectivity index (χ0) is 10.7. The number of nitrogens with one attached hydrogen (secondary N) is 1. The van der Waals surface area contributed by atoms with Crippen molar-refractivity contribution in [2.75, 3.05) is 12.8 Å². The van der Waals surface area contributed by atoms with Crippen LogP contribution in [-0.4, -0.2) is 18.1 Å². The van der Waals surface area contributed by atoms with Gasteiger partial charge in [-0.15, -0.1) is 0 Å². The number of hydrogen-bond donors (Lipinski definition) is 4. The van der Waals surface area contributed by atoms with Gasteiger partial charge in [0, 0.05) is 5.56 Å². The lowest BCUT2D eigenvalue weighted by molar-refractivity contribution is 0.0953. The monoisotopic (exact) mass is 197 g/mol. The van der Waals surface area contributed by atoms with Crippen molar-refractivity contribution >= 4 is 11.6 Å². The lowest BCUT2D eigenvalue weighted by atomic mass is 10.1. The fraction of sp³-hybridized carbons (Fsp3) is 0.125. The molecule has 1 rings (SSSR count). The SMILES string of the molecule is COc1cc(C(=O)NN)cc(N)c1O. The molecule has 0 bridgehead atoms. The number of benzene rings is 1. The van der Waals surface area contributed by atoms with E-state index in [1.807, 2.05) is 5.43 Å². The Balaban J connectivity index is 3.22. The number of phenolic OH excluding ortho intramolecular Hbond substituents is 1. The van der Waals surface area contributed by atoms with Crippen LogP contribution in [0.5, 0.6) is 11.5 Å². The second-order valence-electron chi connectivity index (χ2n) is 2.59. The number of phenols is 1. The van der Waals surface area contributed by atoms with Crippen molar-refractivity contribution in [2.45, 2.75) is 0 Å². The summed E-state index contributed by atoms with van der Waals surface area (Å²) in [6.07, 6.45) is 0. The molecule has 0 spiro atoms. The Hall–Kier alpha value is -1.95. The van der Waals surface area contributed by atoms with E-state index in [0.717, 1.165) is 0 Å². The third-order valence-corrected chi connectivity index (χ3v) is 1.72. The highest BCUT2D eigenvalue weighted by molar-refractivity contribution is 5.95. The number of methoxy groups -OCH3 is 1. The number of nitrogens with two attached hydrogens (primary N) is 2. The molecule has 0 unspecified atom stereocenters. The number of rotatable bonds is 2. The van der Waals surface area contributed by atoms with Gasteiger partial charge in [0.15, 0.2) is 11.5 Å². The standard InChI is InChI=1S/C8H11N3O3/c1-14-6-3-4(8(13)11-10)2-5(9)7(6)12/h2-3,12H,9-10H2,1H3,(H,11,13). The van der Waals surface area contributed by atoms with Crippen LogP contribution >= 0.6 is 0 Å². The van der Waals surface area contributed by atoms with Gasteiger partial charge in [-0.05, 0) is 12.1 Å². The fourth-order valence-electron chi connectivity index (χ4n) is 0.999. The summed E-state index contributed by atoms with van der Waals surface area (Å²) in [5, 5.41) is 9.36. The zero-order valence-electron chi connectivity index (χ0n) is 7.57. The molecule has 0 saturated carbocycles. The lowest BCUT2D eigenvalue weighted by Crippen LogP contribution is -2.30. The van der Waals surface area contributed by atoms with Gasteiger partial charge in [0.05, 0.1) is 12.8 Å². The predicted octanol–water partition coefficient (Wildman–Crippen LogP) is -0.414. The number of hydrazine groups is 1. The minimum atomic E-state index is -0.505. The summed E-state index contributed by atoms with van der Waals surface area (Å²) in [6.45, 7) is 0. The first-order valence-corrected chi connectivity index (χ1v) is 3.77. The van der Waals surface area contributed by atoms with E-state index in [0.29, 0.717) is 0 Å². The number of ether oxygens (including phenoxy) is 1. The van der Waals surface area contributed by atoms with Crippen molar-refractivity contribution in [3.8, 4) is 11.5 Å². The fourth-order valence-corrected chi connectivity index (χ4v) is 0.999. The summed E-state index contributed by atoms with van der Waals surface area (Å²) in [5.41, 5.74) is 7.67. The van der Waals surface area contributed by atoms with Gasteiger partial charge >= 0.3 is 0 Å². The molecule has 6 N–H and O–H groups in total. The number of nitrogen functional groups attached to an aromatic ring is 2. The van der Waals surface area contributed by atoms with Gasteiger partial charge in [-0.1, -0.05) is 0 Å². The van der Waals surface area contributed by atoms with E-state index in [-0.39, 0.29) is 22.7 Å². The van der Waals surface area contributed by atoms with E-state index in [1.54, 1.807) is 0 Å². The van der Waals surface area contributed by atoms with Crippen LogP contribution in [0.25, 0.3) is 0 Å². The molecule has 0 fully saturated rings. The Morgan fingerprint density at radius 3 is 2.71 bits per heavy atom. The quantitative estimate of drug-likeness (QED) is 0.169. The Morgan fingerprint density at radius 2 is 2.21 bits per heavy atom. The Kier molecular flexibility index (Phi) is 2.78. The number of anilines is 1. The van der Waals surface area contributed by atoms with Gasteiger partial charge in [-0.25, -0.2) is 5.84 Å². The minimum absolute atomic E-state index is 0.0583. The van der Waals surface area contributed by atoms with Gasteiger partial charge in [-0.3, -0.25) is 10.2 Å². The molecule has 1 amide bonds. The maximum Gasteiger partial charge on any atom is 0.265 e. The summed E-state index contributed by atoms with van der Waals surface area (Å²) in [6, 6.07) is 2.65. The first-order valence-electron chi connectivity index (χ1n) is 3.77. The molecule has 76 valence electrons. The van der Waals surface area contributed by atoms with E-state index in [1.165, 1.54) is 19.2 Å². The minimum Gasteiger partial charge on any atom is -0.503 e. The summed E-state index contributed by atoms with van der Waals surface area (Å²) < 4.78 is 4.81. The zero-order valence-corrected chi connectivity index (χ0v) is 7.57. The van der Waals surface area contributed by atoms with Crippen LogP contribution in [0.4, 0.5) is 5.69 Å². The van der Waals surface area contributed by atoms with Crippen molar-refractivity contribution in [1.82, 2.24) is 5.43 Å². The maximum atomic E-state index is 11.1. The van der Waals surface area contributed by atoms with E-state index in [9.17, 15) is 9.90 Å². The largest absolute Gasteiger partial charge is 0.503 e. The molecule has 0 aliphatic rings. The lowest BCUT2D eigenvalue weighted by Gasteiger charge is -2.08. The van der Waals surface area contributed by atoms with E-state index >= 15 is 0 Å². The van der Waals surface area contributed by atoms with Crippen molar-refractivity contribution in [1.29, 1.82) is 0 Å². The van der Waals surface area contributed by atoms with Crippen LogP contribution in [0.3, 0.4) is 0 Å². The highest BCUT2D eigenvalue weighted by atomic mass is 16.5. The average molecular weight is 197 g/mol. The van der Waals surface area contributed by atoms with Crippen LogP contribution in [0.15, 0.2) is 12.1 Å². The van der Waals surface area contributed by atoms with Gasteiger partial charge in [0.25, 0.3) is 5.91 Å². The van der Waals surface area contributed by atoms with E-state index in [4.69, 9.17) is 16.3 Å². The topological polar surface area (TPSA) is 111 Å². The molecule has 0 atom stereocenters. The predicted molar refractivity (Wildman–Crippen MR) is 50.7 cm³/mol. The van der Waals surface area contributed by atoms with Gasteiger partial charge in [-0.2, -0.15) is 0 Å². The second kappa shape index (κ2) is 3.84. The molecule has 6 heteroatoms. The molecule has 6 nitrogen and oxygen atoms in total. The number of aromatic hydroxyl groups is 1. The van der Waals surface area contributed by atoms with Gasteiger partial charge < -0.3 is 15.6 Å². The second-order valence-corrected chi connectivity index (χ2v) is 2.59. The number of carbonyl (C=O) groups excluding carboxylic acids is 1. The third-order valence-electron chi connectivity index (χ3n) is 1.72. The number of carbonyl (C=O) groups is 1. The van der Waals surface area contributed by atoms with Crippen molar-refractivity contribution in [2.24, 2.45) is 5.84 Å². The highest BCUT2D eigenvalue weighted by Gasteiger charge is 2.12. The molecule has 14 heavy (non-hydrogen) atoms. The molecule has 0 saturated heterocycles. The van der Waals surface area contributed by atoms with Crippen LogP contribution in [0.1, 0.15) is 10.4 Å². The molecule has 0 heterocycles. The van der Waals surface area contributed by atoms with Crippen LogP contribution in [0, 0.1) is 0 Å². The number of hydrogen-bond acceptors (Lipinski definition) is 5. The van der Waals surface area contributed by atoms with Crippen LogP contribution in [0.2, 0.25) is 0 Å². The normalized spacial score (nSPS) is 9.57. The average Bonchev–Trinajstić information content (AvgIpc) is 2.20. The van der Waals surface area contributed by atoms with Crippen LogP contribution < -0.4 is 21.7 Å². The van der Waals surface area contributed by atoms with E-state index in [2.05, 4.69) is 0 Å². The van der Waals surface area contributed by atoms with Crippen molar-refractivity contribution in [3.63, 3.8) is 0 Å². The van der Waals surface area contributed by atoms with E-state index < -0.39 is 5.91 Å².